The highest BCUT2D eigenvalue weighted by Crippen LogP contribution is 2.17. The average Bonchev–Trinajstić information content (AvgIpc) is 3.12. The smallest absolute Gasteiger partial charge is 0.237 e. The van der Waals surface area contributed by atoms with Crippen LogP contribution in [0.2, 0.25) is 0 Å². The van der Waals surface area contributed by atoms with Gasteiger partial charge in [0.15, 0.2) is 0 Å². The third-order valence-electron chi connectivity index (χ3n) is 4.81. The lowest BCUT2D eigenvalue weighted by molar-refractivity contribution is -0.128. The normalized spacial score (nSPS) is 16.0. The van der Waals surface area contributed by atoms with Crippen LogP contribution in [0.15, 0.2) is 18.3 Å². The van der Waals surface area contributed by atoms with E-state index in [2.05, 4.69) is 59.9 Å². The Morgan fingerprint density at radius 3 is 2.42 bits per heavy atom. The summed E-state index contributed by atoms with van der Waals surface area (Å²) in [5.74, 6) is 1.45. The van der Waals surface area contributed by atoms with E-state index >= 15 is 0 Å². The largest absolute Gasteiger partial charge is 0.357 e. The van der Waals surface area contributed by atoms with E-state index in [1.54, 1.807) is 0 Å². The highest BCUT2D eigenvalue weighted by molar-refractivity contribution is 5.82. The van der Waals surface area contributed by atoms with Crippen molar-refractivity contribution in [2.24, 2.45) is 5.92 Å². The summed E-state index contributed by atoms with van der Waals surface area (Å²) in [5, 5.41) is 3.08. The number of carbonyl (C=O) groups is 1. The van der Waals surface area contributed by atoms with Crippen molar-refractivity contribution in [1.29, 1.82) is 0 Å². The van der Waals surface area contributed by atoms with E-state index < -0.39 is 0 Å². The molecule has 1 atom stereocenters. The van der Waals surface area contributed by atoms with Gasteiger partial charge < -0.3 is 10.2 Å². The van der Waals surface area contributed by atoms with Crippen LogP contribution in [0.5, 0.6) is 0 Å². The summed E-state index contributed by atoms with van der Waals surface area (Å²) >= 11 is 0. The Morgan fingerprint density at radius 2 is 1.92 bits per heavy atom. The van der Waals surface area contributed by atoms with Crippen LogP contribution in [0.3, 0.4) is 0 Å². The summed E-state index contributed by atoms with van der Waals surface area (Å²) in [5.41, 5.74) is 1.05. The van der Waals surface area contributed by atoms with Gasteiger partial charge in [-0.25, -0.2) is 4.98 Å². The monoisotopic (exact) mass is 332 g/mol. The Hall–Kier alpha value is -1.62. The van der Waals surface area contributed by atoms with Crippen molar-refractivity contribution in [2.75, 3.05) is 31.1 Å². The van der Waals surface area contributed by atoms with Gasteiger partial charge in [0.2, 0.25) is 5.91 Å². The van der Waals surface area contributed by atoms with Crippen LogP contribution in [0.4, 0.5) is 5.82 Å². The molecule has 134 valence electrons. The second kappa shape index (κ2) is 9.02. The number of hydrogen-bond acceptors (Lipinski definition) is 4. The lowest BCUT2D eigenvalue weighted by atomic mass is 10.0. The molecule has 0 unspecified atom stereocenters. The Kier molecular flexibility index (Phi) is 7.03. The van der Waals surface area contributed by atoms with E-state index in [1.165, 1.54) is 12.8 Å². The number of rotatable bonds is 8. The molecule has 1 saturated heterocycles. The summed E-state index contributed by atoms with van der Waals surface area (Å²) in [6.07, 6.45) is 4.39. The van der Waals surface area contributed by atoms with Gasteiger partial charge in [-0.05, 0) is 43.5 Å². The molecule has 0 saturated carbocycles. The van der Waals surface area contributed by atoms with Crippen molar-refractivity contribution in [2.45, 2.75) is 53.1 Å². The molecule has 1 N–H and O–H groups in total. The molecule has 5 nitrogen and oxygen atoms in total. The first kappa shape index (κ1) is 18.7. The highest BCUT2D eigenvalue weighted by Gasteiger charge is 2.26. The molecule has 1 aliphatic heterocycles. The van der Waals surface area contributed by atoms with Crippen LogP contribution in [-0.2, 0) is 11.3 Å². The molecule has 2 heterocycles. The number of amides is 1. The summed E-state index contributed by atoms with van der Waals surface area (Å²) in [7, 11) is 0. The van der Waals surface area contributed by atoms with Crippen LogP contribution >= 0.6 is 0 Å². The van der Waals surface area contributed by atoms with Gasteiger partial charge in [0.05, 0.1) is 6.04 Å². The van der Waals surface area contributed by atoms with Crippen LogP contribution in [-0.4, -0.2) is 48.0 Å². The minimum absolute atomic E-state index is 0.0724. The predicted molar refractivity (Wildman–Crippen MR) is 99.1 cm³/mol. The van der Waals surface area contributed by atoms with Crippen molar-refractivity contribution in [3.63, 3.8) is 0 Å². The molecule has 1 aromatic rings. The van der Waals surface area contributed by atoms with E-state index in [-0.39, 0.29) is 11.9 Å². The number of likely N-dealkylation sites (N-methyl/N-ethyl adjacent to an activating group) is 1. The molecular weight excluding hydrogens is 300 g/mol. The molecule has 0 spiro atoms. The first-order chi connectivity index (χ1) is 11.6. The zero-order valence-electron chi connectivity index (χ0n) is 15.6. The van der Waals surface area contributed by atoms with Gasteiger partial charge in [-0.2, -0.15) is 0 Å². The van der Waals surface area contributed by atoms with Gasteiger partial charge >= 0.3 is 0 Å². The van der Waals surface area contributed by atoms with Gasteiger partial charge in [-0.1, -0.05) is 33.8 Å². The number of aromatic nitrogens is 1. The minimum atomic E-state index is -0.0724. The summed E-state index contributed by atoms with van der Waals surface area (Å²) in [6.45, 7) is 12.9. The number of nitrogens with zero attached hydrogens (tertiary/aromatic N) is 3. The van der Waals surface area contributed by atoms with Crippen molar-refractivity contribution in [3.8, 4) is 0 Å². The molecular formula is C19H32N4O. The van der Waals surface area contributed by atoms with Crippen molar-refractivity contribution in [3.05, 3.63) is 23.9 Å². The zero-order valence-corrected chi connectivity index (χ0v) is 15.6. The first-order valence-corrected chi connectivity index (χ1v) is 9.28. The molecule has 1 aromatic heterocycles. The van der Waals surface area contributed by atoms with E-state index in [0.717, 1.165) is 37.6 Å². The van der Waals surface area contributed by atoms with E-state index in [4.69, 9.17) is 0 Å². The quantitative estimate of drug-likeness (QED) is 0.795. The minimum Gasteiger partial charge on any atom is -0.357 e. The molecule has 1 aliphatic rings. The fraction of sp³-hybridized carbons (Fsp3) is 0.684. The van der Waals surface area contributed by atoms with Crippen LogP contribution < -0.4 is 10.2 Å². The summed E-state index contributed by atoms with van der Waals surface area (Å²) in [4.78, 5) is 21.7. The Labute approximate surface area is 146 Å². The van der Waals surface area contributed by atoms with Crippen molar-refractivity contribution < 1.29 is 4.79 Å². The lowest BCUT2D eigenvalue weighted by Crippen LogP contribution is -2.49. The van der Waals surface area contributed by atoms with Gasteiger partial charge in [0, 0.05) is 25.8 Å². The second-order valence-corrected chi connectivity index (χ2v) is 6.85. The fourth-order valence-electron chi connectivity index (χ4n) is 3.46. The zero-order chi connectivity index (χ0) is 17.5. The first-order valence-electron chi connectivity index (χ1n) is 9.28. The maximum atomic E-state index is 12.6. The molecule has 1 amide bonds. The van der Waals surface area contributed by atoms with Crippen LogP contribution in [0.25, 0.3) is 0 Å². The van der Waals surface area contributed by atoms with Crippen LogP contribution in [0, 0.1) is 5.92 Å². The number of carbonyl (C=O) groups excluding carboxylic acids is 1. The second-order valence-electron chi connectivity index (χ2n) is 6.85. The lowest BCUT2D eigenvalue weighted by Gasteiger charge is -2.31. The molecule has 0 aromatic carbocycles. The molecule has 2 rings (SSSR count). The van der Waals surface area contributed by atoms with E-state index in [0.29, 0.717) is 12.5 Å². The summed E-state index contributed by atoms with van der Waals surface area (Å²) < 4.78 is 0. The summed E-state index contributed by atoms with van der Waals surface area (Å²) in [6, 6.07) is 4.07. The highest BCUT2D eigenvalue weighted by atomic mass is 16.2. The molecule has 0 radical (unpaired) electrons. The van der Waals surface area contributed by atoms with Crippen molar-refractivity contribution in [1.82, 2.24) is 15.2 Å². The van der Waals surface area contributed by atoms with Gasteiger partial charge in [-0.3, -0.25) is 9.69 Å². The van der Waals surface area contributed by atoms with Crippen molar-refractivity contribution >= 4 is 11.7 Å². The maximum absolute atomic E-state index is 12.6. The standard InChI is InChI=1S/C19H32N4O/c1-5-22(6-2)18(15(3)4)19(24)21-14-16-9-10-17(20-13-16)23-11-7-8-12-23/h9-10,13,15,18H,5-8,11-12,14H2,1-4H3,(H,21,24)/t18-/m0/s1. The fourth-order valence-corrected chi connectivity index (χ4v) is 3.46. The van der Waals surface area contributed by atoms with Crippen LogP contribution in [0.1, 0.15) is 46.1 Å². The average molecular weight is 332 g/mol. The molecule has 5 heteroatoms. The third kappa shape index (κ3) is 4.69. The Bertz CT molecular complexity index is 505. The van der Waals surface area contributed by atoms with E-state index in [1.807, 2.05) is 6.20 Å². The number of nitrogens with one attached hydrogen (secondary N) is 1. The SMILES string of the molecule is CCN(CC)[C@H](C(=O)NCc1ccc(N2CCCC2)nc1)C(C)C. The Morgan fingerprint density at radius 1 is 1.25 bits per heavy atom. The van der Waals surface area contributed by atoms with Gasteiger partial charge in [0.1, 0.15) is 5.82 Å². The molecule has 1 fully saturated rings. The number of hydrogen-bond donors (Lipinski definition) is 1. The van der Waals surface area contributed by atoms with E-state index in [9.17, 15) is 4.79 Å². The number of pyridine rings is 1. The topological polar surface area (TPSA) is 48.5 Å². The molecule has 24 heavy (non-hydrogen) atoms. The maximum Gasteiger partial charge on any atom is 0.237 e. The predicted octanol–water partition coefficient (Wildman–Crippen LogP) is 2.66. The van der Waals surface area contributed by atoms with Gasteiger partial charge in [0.25, 0.3) is 0 Å². The van der Waals surface area contributed by atoms with Gasteiger partial charge in [-0.15, -0.1) is 0 Å². The molecule has 0 aliphatic carbocycles. The third-order valence-corrected chi connectivity index (χ3v) is 4.81. The molecule has 0 bridgehead atoms. The Balaban J connectivity index is 1.92. The number of anilines is 1.